The number of benzene rings is 2. The number of aryl methyl sites for hydroxylation is 1. The number of rotatable bonds is 3. The van der Waals surface area contributed by atoms with Gasteiger partial charge in [0.15, 0.2) is 0 Å². The van der Waals surface area contributed by atoms with E-state index in [1.165, 1.54) is 0 Å². The van der Waals surface area contributed by atoms with Gasteiger partial charge in [-0.3, -0.25) is 4.79 Å². The third-order valence-electron chi connectivity index (χ3n) is 4.07. The standard InChI is InChI=1S/C19H19NO3/c1-12-5-4-6-17(13(12)2)20-19(21)15-9-14-10-16(22-3)7-8-18(14)23-11-15/h4-10H,11H2,1-3H3,(H,20,21). The van der Waals surface area contributed by atoms with E-state index in [4.69, 9.17) is 9.47 Å². The average molecular weight is 309 g/mol. The van der Waals surface area contributed by atoms with Crippen LogP contribution in [0.4, 0.5) is 5.69 Å². The van der Waals surface area contributed by atoms with Crippen LogP contribution in [0.15, 0.2) is 42.0 Å². The Morgan fingerprint density at radius 3 is 2.83 bits per heavy atom. The predicted molar refractivity (Wildman–Crippen MR) is 91.0 cm³/mol. The van der Waals surface area contributed by atoms with Gasteiger partial charge in [-0.1, -0.05) is 12.1 Å². The van der Waals surface area contributed by atoms with Crippen molar-refractivity contribution >= 4 is 17.7 Å². The highest BCUT2D eigenvalue weighted by Crippen LogP contribution is 2.30. The molecule has 23 heavy (non-hydrogen) atoms. The van der Waals surface area contributed by atoms with Gasteiger partial charge in [-0.2, -0.15) is 0 Å². The SMILES string of the molecule is COc1ccc2c(c1)C=C(C(=O)Nc1cccc(C)c1C)CO2. The van der Waals surface area contributed by atoms with E-state index in [1.54, 1.807) is 7.11 Å². The molecule has 0 spiro atoms. The maximum Gasteiger partial charge on any atom is 0.255 e. The van der Waals surface area contributed by atoms with Crippen molar-refractivity contribution in [2.45, 2.75) is 13.8 Å². The lowest BCUT2D eigenvalue weighted by Gasteiger charge is -2.19. The van der Waals surface area contributed by atoms with E-state index < -0.39 is 0 Å². The number of anilines is 1. The lowest BCUT2D eigenvalue weighted by atomic mass is 10.1. The van der Waals surface area contributed by atoms with E-state index in [0.29, 0.717) is 5.57 Å². The first kappa shape index (κ1) is 15.2. The molecule has 4 heteroatoms. The molecule has 1 aliphatic heterocycles. The van der Waals surface area contributed by atoms with E-state index in [0.717, 1.165) is 33.9 Å². The van der Waals surface area contributed by atoms with Crippen LogP contribution in [0.2, 0.25) is 0 Å². The van der Waals surface area contributed by atoms with Crippen molar-refractivity contribution in [2.75, 3.05) is 19.0 Å². The number of methoxy groups -OCH3 is 1. The maximum absolute atomic E-state index is 12.5. The lowest BCUT2D eigenvalue weighted by Crippen LogP contribution is -2.21. The van der Waals surface area contributed by atoms with Crippen molar-refractivity contribution in [2.24, 2.45) is 0 Å². The van der Waals surface area contributed by atoms with Gasteiger partial charge in [0.2, 0.25) is 0 Å². The zero-order valence-corrected chi connectivity index (χ0v) is 13.5. The van der Waals surface area contributed by atoms with Gasteiger partial charge in [0.25, 0.3) is 5.91 Å². The first-order valence-electron chi connectivity index (χ1n) is 7.47. The molecule has 1 heterocycles. The highest BCUT2D eigenvalue weighted by atomic mass is 16.5. The van der Waals surface area contributed by atoms with Crippen LogP contribution in [0.1, 0.15) is 16.7 Å². The lowest BCUT2D eigenvalue weighted by molar-refractivity contribution is -0.113. The van der Waals surface area contributed by atoms with E-state index >= 15 is 0 Å². The van der Waals surface area contributed by atoms with Crippen molar-refractivity contribution in [1.29, 1.82) is 0 Å². The summed E-state index contributed by atoms with van der Waals surface area (Å²) in [7, 11) is 1.61. The second-order valence-corrected chi connectivity index (χ2v) is 5.56. The van der Waals surface area contributed by atoms with Crippen LogP contribution in [0.3, 0.4) is 0 Å². The number of nitrogens with one attached hydrogen (secondary N) is 1. The Kier molecular flexibility index (Phi) is 4.06. The molecule has 2 aromatic rings. The summed E-state index contributed by atoms with van der Waals surface area (Å²) < 4.78 is 10.9. The molecule has 0 saturated heterocycles. The first-order valence-corrected chi connectivity index (χ1v) is 7.47. The van der Waals surface area contributed by atoms with Crippen LogP contribution in [0, 0.1) is 13.8 Å². The van der Waals surface area contributed by atoms with Crippen molar-refractivity contribution in [3.05, 3.63) is 58.7 Å². The zero-order chi connectivity index (χ0) is 16.4. The Bertz CT molecular complexity index is 793. The Balaban J connectivity index is 1.85. The van der Waals surface area contributed by atoms with Crippen LogP contribution >= 0.6 is 0 Å². The van der Waals surface area contributed by atoms with E-state index in [1.807, 2.05) is 56.3 Å². The minimum absolute atomic E-state index is 0.146. The number of hydrogen-bond donors (Lipinski definition) is 1. The number of ether oxygens (including phenoxy) is 2. The van der Waals surface area contributed by atoms with E-state index in [-0.39, 0.29) is 12.5 Å². The third-order valence-corrected chi connectivity index (χ3v) is 4.07. The van der Waals surface area contributed by atoms with E-state index in [9.17, 15) is 4.79 Å². The highest BCUT2D eigenvalue weighted by molar-refractivity contribution is 6.07. The van der Waals surface area contributed by atoms with Crippen LogP contribution < -0.4 is 14.8 Å². The summed E-state index contributed by atoms with van der Waals surface area (Å²) in [6.07, 6.45) is 1.85. The molecule has 0 radical (unpaired) electrons. The Labute approximate surface area is 135 Å². The smallest absolute Gasteiger partial charge is 0.255 e. The second-order valence-electron chi connectivity index (χ2n) is 5.56. The van der Waals surface area contributed by atoms with Gasteiger partial charge in [0.1, 0.15) is 18.1 Å². The molecule has 1 amide bonds. The average Bonchev–Trinajstić information content (AvgIpc) is 2.57. The number of amides is 1. The highest BCUT2D eigenvalue weighted by Gasteiger charge is 2.18. The Morgan fingerprint density at radius 1 is 1.22 bits per heavy atom. The summed E-state index contributed by atoms with van der Waals surface area (Å²) >= 11 is 0. The van der Waals surface area contributed by atoms with Crippen molar-refractivity contribution in [1.82, 2.24) is 0 Å². The van der Waals surface area contributed by atoms with Gasteiger partial charge in [-0.25, -0.2) is 0 Å². The van der Waals surface area contributed by atoms with Crippen LogP contribution in [-0.2, 0) is 4.79 Å². The van der Waals surface area contributed by atoms with E-state index in [2.05, 4.69) is 5.32 Å². The second kappa shape index (κ2) is 6.16. The molecule has 4 nitrogen and oxygen atoms in total. The summed E-state index contributed by atoms with van der Waals surface area (Å²) in [4.78, 5) is 12.5. The molecule has 0 atom stereocenters. The molecule has 2 aromatic carbocycles. The molecule has 1 aliphatic rings. The van der Waals surface area contributed by atoms with Gasteiger partial charge < -0.3 is 14.8 Å². The van der Waals surface area contributed by atoms with Crippen LogP contribution in [0.25, 0.3) is 6.08 Å². The molecule has 1 N–H and O–H groups in total. The molecule has 0 aromatic heterocycles. The Morgan fingerprint density at radius 2 is 2.04 bits per heavy atom. The molecule has 3 rings (SSSR count). The van der Waals surface area contributed by atoms with Crippen LogP contribution in [0.5, 0.6) is 11.5 Å². The van der Waals surface area contributed by atoms with Gasteiger partial charge in [-0.15, -0.1) is 0 Å². The normalized spacial score (nSPS) is 12.7. The predicted octanol–water partition coefficient (Wildman–Crippen LogP) is 3.73. The first-order chi connectivity index (χ1) is 11.1. The minimum Gasteiger partial charge on any atom is -0.497 e. The topological polar surface area (TPSA) is 47.6 Å². The molecule has 0 unspecified atom stereocenters. The summed E-state index contributed by atoms with van der Waals surface area (Å²) in [6.45, 7) is 4.28. The molecular weight excluding hydrogens is 290 g/mol. The quantitative estimate of drug-likeness (QED) is 0.940. The molecule has 0 aliphatic carbocycles. The summed E-state index contributed by atoms with van der Waals surface area (Å²) in [5, 5.41) is 2.96. The van der Waals surface area contributed by atoms with Gasteiger partial charge in [0, 0.05) is 11.3 Å². The molecule has 118 valence electrons. The van der Waals surface area contributed by atoms with Crippen LogP contribution in [-0.4, -0.2) is 19.6 Å². The number of fused-ring (bicyclic) bond motifs is 1. The van der Waals surface area contributed by atoms with Crippen molar-refractivity contribution < 1.29 is 14.3 Å². The fourth-order valence-electron chi connectivity index (χ4n) is 2.50. The minimum atomic E-state index is -0.146. The maximum atomic E-state index is 12.5. The summed E-state index contributed by atoms with van der Waals surface area (Å²) in [6, 6.07) is 11.4. The van der Waals surface area contributed by atoms with Crippen molar-refractivity contribution in [3.8, 4) is 11.5 Å². The fourth-order valence-corrected chi connectivity index (χ4v) is 2.50. The molecule has 0 saturated carbocycles. The number of carbonyl (C=O) groups excluding carboxylic acids is 1. The monoisotopic (exact) mass is 309 g/mol. The largest absolute Gasteiger partial charge is 0.497 e. The molecule has 0 fully saturated rings. The van der Waals surface area contributed by atoms with Gasteiger partial charge >= 0.3 is 0 Å². The summed E-state index contributed by atoms with van der Waals surface area (Å²) in [5.74, 6) is 1.35. The Hall–Kier alpha value is -2.75. The molecular formula is C19H19NO3. The number of carbonyl (C=O) groups is 1. The fraction of sp³-hybridized carbons (Fsp3) is 0.211. The molecule has 0 bridgehead atoms. The summed E-state index contributed by atoms with van der Waals surface area (Å²) in [5.41, 5.74) is 4.48. The zero-order valence-electron chi connectivity index (χ0n) is 13.5. The van der Waals surface area contributed by atoms with Gasteiger partial charge in [-0.05, 0) is 55.3 Å². The number of hydrogen-bond acceptors (Lipinski definition) is 3. The van der Waals surface area contributed by atoms with Gasteiger partial charge in [0.05, 0.1) is 12.7 Å². The third kappa shape index (κ3) is 3.06. The van der Waals surface area contributed by atoms with Crippen molar-refractivity contribution in [3.63, 3.8) is 0 Å².